The number of aryl methyl sites for hydroxylation is 2. The lowest BCUT2D eigenvalue weighted by molar-refractivity contribution is -0.141. The molecule has 0 aliphatic rings. The monoisotopic (exact) mass is 326 g/mol. The van der Waals surface area contributed by atoms with Crippen molar-refractivity contribution in [3.63, 3.8) is 0 Å². The molecule has 0 bridgehead atoms. The zero-order valence-corrected chi connectivity index (χ0v) is 13.4. The molecule has 0 aliphatic carbocycles. The first-order chi connectivity index (χ1) is 11.7. The van der Waals surface area contributed by atoms with Crippen LogP contribution in [0, 0.1) is 0 Å². The van der Waals surface area contributed by atoms with Crippen molar-refractivity contribution in [1.82, 2.24) is 19.3 Å². The van der Waals surface area contributed by atoms with Crippen molar-refractivity contribution in [2.45, 2.75) is 25.9 Å². The number of hydrogen-bond acceptors (Lipinski definition) is 5. The third-order valence-electron chi connectivity index (χ3n) is 3.84. The fourth-order valence-corrected chi connectivity index (χ4v) is 2.56. The first-order valence-corrected chi connectivity index (χ1v) is 7.70. The fourth-order valence-electron chi connectivity index (χ4n) is 2.56. The molecule has 3 rings (SSSR count). The number of carbonyl (C=O) groups is 1. The lowest BCUT2D eigenvalue weighted by Gasteiger charge is -2.06. The average molecular weight is 326 g/mol. The summed E-state index contributed by atoms with van der Waals surface area (Å²) >= 11 is 0. The van der Waals surface area contributed by atoms with E-state index in [-0.39, 0.29) is 12.1 Å². The summed E-state index contributed by atoms with van der Waals surface area (Å²) in [5.41, 5.74) is 1.49. The van der Waals surface area contributed by atoms with Crippen molar-refractivity contribution < 1.29 is 9.53 Å². The third-order valence-corrected chi connectivity index (χ3v) is 3.84. The van der Waals surface area contributed by atoms with Gasteiger partial charge in [-0.15, -0.1) is 0 Å². The molecular weight excluding hydrogens is 308 g/mol. The van der Waals surface area contributed by atoms with Crippen LogP contribution in [0.25, 0.3) is 11.0 Å². The summed E-state index contributed by atoms with van der Waals surface area (Å²) < 4.78 is 7.56. The van der Waals surface area contributed by atoms with Crippen molar-refractivity contribution in [1.29, 1.82) is 0 Å². The van der Waals surface area contributed by atoms with E-state index in [0.717, 1.165) is 12.8 Å². The highest BCUT2D eigenvalue weighted by atomic mass is 16.5. The summed E-state index contributed by atoms with van der Waals surface area (Å²) in [6, 6.07) is 10.1. The molecule has 0 saturated heterocycles. The molecule has 24 heavy (non-hydrogen) atoms. The van der Waals surface area contributed by atoms with E-state index in [1.165, 1.54) is 29.9 Å². The summed E-state index contributed by atoms with van der Waals surface area (Å²) in [6.07, 6.45) is 4.69. The maximum absolute atomic E-state index is 12.5. The number of rotatable bonds is 6. The minimum absolute atomic E-state index is 0.0650. The van der Waals surface area contributed by atoms with Crippen LogP contribution < -0.4 is 5.56 Å². The van der Waals surface area contributed by atoms with E-state index in [4.69, 9.17) is 0 Å². The van der Waals surface area contributed by atoms with Gasteiger partial charge in [-0.2, -0.15) is 5.10 Å². The molecule has 0 amide bonds. The van der Waals surface area contributed by atoms with Crippen LogP contribution in [0.1, 0.15) is 12.0 Å². The Bertz CT molecular complexity index is 899. The molecule has 2 aromatic heterocycles. The molecule has 7 nitrogen and oxygen atoms in total. The lowest BCUT2D eigenvalue weighted by Crippen LogP contribution is -2.21. The number of hydrogen-bond donors (Lipinski definition) is 0. The first-order valence-electron chi connectivity index (χ1n) is 7.70. The third kappa shape index (κ3) is 3.34. The van der Waals surface area contributed by atoms with Gasteiger partial charge in [-0.25, -0.2) is 9.67 Å². The van der Waals surface area contributed by atoms with Crippen LogP contribution in [0.4, 0.5) is 0 Å². The molecule has 0 atom stereocenters. The molecule has 7 heteroatoms. The molecule has 0 spiro atoms. The van der Waals surface area contributed by atoms with Crippen molar-refractivity contribution in [3.8, 4) is 0 Å². The first kappa shape index (κ1) is 15.9. The quantitative estimate of drug-likeness (QED) is 0.640. The molecule has 3 aromatic rings. The van der Waals surface area contributed by atoms with Gasteiger partial charge in [-0.1, -0.05) is 30.3 Å². The van der Waals surface area contributed by atoms with Crippen LogP contribution in [0.5, 0.6) is 0 Å². The van der Waals surface area contributed by atoms with Gasteiger partial charge in [0.15, 0.2) is 5.65 Å². The number of methoxy groups -OCH3 is 1. The zero-order valence-electron chi connectivity index (χ0n) is 13.4. The Hall–Kier alpha value is -2.96. The highest BCUT2D eigenvalue weighted by Gasteiger charge is 2.12. The molecule has 0 aliphatic heterocycles. The van der Waals surface area contributed by atoms with Gasteiger partial charge < -0.3 is 4.74 Å². The van der Waals surface area contributed by atoms with Gasteiger partial charge in [0.1, 0.15) is 11.9 Å². The molecule has 0 fully saturated rings. The van der Waals surface area contributed by atoms with Gasteiger partial charge in [0.05, 0.1) is 19.6 Å². The van der Waals surface area contributed by atoms with E-state index in [1.807, 2.05) is 18.2 Å². The van der Waals surface area contributed by atoms with E-state index in [0.29, 0.717) is 17.6 Å². The lowest BCUT2D eigenvalue weighted by atomic mass is 10.1. The minimum atomic E-state index is -0.436. The Balaban J connectivity index is 1.74. The fraction of sp³-hybridized carbons (Fsp3) is 0.294. The minimum Gasteiger partial charge on any atom is -0.468 e. The Morgan fingerprint density at radius 1 is 1.25 bits per heavy atom. The number of benzene rings is 1. The van der Waals surface area contributed by atoms with E-state index >= 15 is 0 Å². The van der Waals surface area contributed by atoms with Crippen LogP contribution >= 0.6 is 0 Å². The van der Waals surface area contributed by atoms with Gasteiger partial charge in [0.25, 0.3) is 5.56 Å². The summed E-state index contributed by atoms with van der Waals surface area (Å²) in [6.45, 7) is 0.517. The predicted molar refractivity (Wildman–Crippen MR) is 88.6 cm³/mol. The largest absolute Gasteiger partial charge is 0.468 e. The Kier molecular flexibility index (Phi) is 4.69. The zero-order chi connectivity index (χ0) is 16.9. The number of ether oxygens (including phenoxy) is 1. The Morgan fingerprint density at radius 3 is 2.79 bits per heavy atom. The number of fused-ring (bicyclic) bond motifs is 1. The van der Waals surface area contributed by atoms with Crippen LogP contribution in [0.3, 0.4) is 0 Å². The highest BCUT2D eigenvalue weighted by molar-refractivity contribution is 5.76. The molecule has 0 saturated carbocycles. The van der Waals surface area contributed by atoms with Crippen molar-refractivity contribution in [2.24, 2.45) is 0 Å². The normalized spacial score (nSPS) is 10.9. The standard InChI is InChI=1S/C17H18N4O3/c1-24-15(22)11-21-16-14(10-19-21)17(23)20(12-18-16)9-5-8-13-6-3-2-4-7-13/h2-4,6-7,10,12H,5,8-9,11H2,1H3. The van der Waals surface area contributed by atoms with Crippen molar-refractivity contribution >= 4 is 17.0 Å². The molecule has 2 heterocycles. The number of aromatic nitrogens is 4. The predicted octanol–water partition coefficient (Wildman–Crippen LogP) is 1.40. The van der Waals surface area contributed by atoms with E-state index < -0.39 is 5.97 Å². The Morgan fingerprint density at radius 2 is 2.04 bits per heavy atom. The summed E-state index contributed by atoms with van der Waals surface area (Å²) in [5, 5.41) is 4.46. The van der Waals surface area contributed by atoms with Crippen molar-refractivity contribution in [2.75, 3.05) is 7.11 Å². The van der Waals surface area contributed by atoms with Crippen molar-refractivity contribution in [3.05, 3.63) is 58.8 Å². The molecule has 1 aromatic carbocycles. The molecule has 124 valence electrons. The summed E-state index contributed by atoms with van der Waals surface area (Å²) in [7, 11) is 1.31. The molecule has 0 unspecified atom stereocenters. The highest BCUT2D eigenvalue weighted by Crippen LogP contribution is 2.07. The van der Waals surface area contributed by atoms with E-state index in [2.05, 4.69) is 27.0 Å². The maximum Gasteiger partial charge on any atom is 0.327 e. The van der Waals surface area contributed by atoms with Crippen LogP contribution in [-0.4, -0.2) is 32.4 Å². The van der Waals surface area contributed by atoms with E-state index in [9.17, 15) is 9.59 Å². The molecule has 0 radical (unpaired) electrons. The number of carbonyl (C=O) groups excluding carboxylic acids is 1. The van der Waals surface area contributed by atoms with Gasteiger partial charge in [0.2, 0.25) is 0 Å². The Labute approximate surface area is 138 Å². The SMILES string of the molecule is COC(=O)Cn1ncc2c(=O)n(CCCc3ccccc3)cnc21. The summed E-state index contributed by atoms with van der Waals surface area (Å²) in [5.74, 6) is -0.436. The molecule has 0 N–H and O–H groups in total. The number of nitrogens with zero attached hydrogens (tertiary/aromatic N) is 4. The van der Waals surface area contributed by atoms with Gasteiger partial charge in [0, 0.05) is 6.54 Å². The van der Waals surface area contributed by atoms with Gasteiger partial charge >= 0.3 is 5.97 Å². The second-order valence-electron chi connectivity index (χ2n) is 5.45. The average Bonchev–Trinajstić information content (AvgIpc) is 3.01. The second-order valence-corrected chi connectivity index (χ2v) is 5.45. The van der Waals surface area contributed by atoms with Crippen LogP contribution in [0.15, 0.2) is 47.7 Å². The maximum atomic E-state index is 12.5. The van der Waals surface area contributed by atoms with Crippen LogP contribution in [-0.2, 0) is 29.0 Å². The van der Waals surface area contributed by atoms with Gasteiger partial charge in [-0.3, -0.25) is 14.2 Å². The summed E-state index contributed by atoms with van der Waals surface area (Å²) in [4.78, 5) is 28.1. The second kappa shape index (κ2) is 7.08. The topological polar surface area (TPSA) is 79.0 Å². The van der Waals surface area contributed by atoms with Gasteiger partial charge in [-0.05, 0) is 18.4 Å². The number of esters is 1. The smallest absolute Gasteiger partial charge is 0.327 e. The van der Waals surface area contributed by atoms with Crippen LogP contribution in [0.2, 0.25) is 0 Å². The van der Waals surface area contributed by atoms with E-state index in [1.54, 1.807) is 4.57 Å². The molecular formula is C17H18N4O3.